The van der Waals surface area contributed by atoms with E-state index in [0.29, 0.717) is 22.7 Å². The van der Waals surface area contributed by atoms with Crippen LogP contribution in [0.15, 0.2) is 41.3 Å². The molecule has 0 saturated heterocycles. The number of hydrogen-bond donors (Lipinski definition) is 0. The second kappa shape index (κ2) is 7.58. The Kier molecular flexibility index (Phi) is 5.60. The topological polar surface area (TPSA) is 54.5 Å². The van der Waals surface area contributed by atoms with E-state index >= 15 is 0 Å². The van der Waals surface area contributed by atoms with Gasteiger partial charge < -0.3 is 0 Å². The van der Waals surface area contributed by atoms with E-state index in [9.17, 15) is 17.6 Å². The molecule has 0 saturated carbocycles. The number of halogens is 2. The predicted octanol–water partition coefficient (Wildman–Crippen LogP) is 4.17. The van der Waals surface area contributed by atoms with Gasteiger partial charge >= 0.3 is 0 Å². The summed E-state index contributed by atoms with van der Waals surface area (Å²) in [5.74, 6) is -0.376. The summed E-state index contributed by atoms with van der Waals surface area (Å²) in [6, 6.07) is 9.47. The highest BCUT2D eigenvalue weighted by atomic mass is 35.5. The van der Waals surface area contributed by atoms with Gasteiger partial charge in [-0.2, -0.15) is 0 Å². The summed E-state index contributed by atoms with van der Waals surface area (Å²) >= 11 is 7.03. The zero-order valence-electron chi connectivity index (χ0n) is 14.0. The molecule has 1 aliphatic heterocycles. The average Bonchev–Trinajstić information content (AvgIpc) is 2.60. The number of hydrogen-bond acceptors (Lipinski definition) is 4. The van der Waals surface area contributed by atoms with E-state index in [1.807, 2.05) is 0 Å². The number of rotatable bonds is 5. The first-order valence-electron chi connectivity index (χ1n) is 7.97. The molecule has 2 aromatic rings. The fourth-order valence-electron chi connectivity index (χ4n) is 2.88. The number of Topliss-reactive ketones (excluding diaryl/α,β-unsaturated/α-hetero) is 1. The number of benzene rings is 2. The average molecular weight is 414 g/mol. The van der Waals surface area contributed by atoms with Crippen LogP contribution in [0.25, 0.3) is 0 Å². The first-order chi connectivity index (χ1) is 12.3. The number of aryl methyl sites for hydroxylation is 1. The smallest absolute Gasteiger partial charge is 0.232 e. The lowest BCUT2D eigenvalue weighted by Gasteiger charge is -2.29. The van der Waals surface area contributed by atoms with Gasteiger partial charge in [-0.05, 0) is 54.8 Å². The molecule has 138 valence electrons. The molecule has 0 aliphatic carbocycles. The minimum atomic E-state index is -3.33. The molecule has 0 N–H and O–H groups in total. The van der Waals surface area contributed by atoms with E-state index in [1.165, 1.54) is 34.5 Å². The van der Waals surface area contributed by atoms with E-state index in [0.717, 1.165) is 18.4 Å². The van der Waals surface area contributed by atoms with Gasteiger partial charge in [-0.1, -0.05) is 11.6 Å². The molecular weight excluding hydrogens is 397 g/mol. The van der Waals surface area contributed by atoms with E-state index in [2.05, 4.69) is 0 Å². The lowest BCUT2D eigenvalue weighted by atomic mass is 9.99. The van der Waals surface area contributed by atoms with Crippen LogP contribution in [-0.4, -0.2) is 32.8 Å². The SMILES string of the molecule is CS(=O)(=O)N1CCCc2cc(C(=O)CSc3ccc(F)c(Cl)c3)ccc21. The van der Waals surface area contributed by atoms with Crippen LogP contribution in [0.1, 0.15) is 22.3 Å². The van der Waals surface area contributed by atoms with Crippen LogP contribution in [0.2, 0.25) is 5.02 Å². The molecule has 1 heterocycles. The molecular formula is C18H17ClFNO3S2. The van der Waals surface area contributed by atoms with Gasteiger partial charge in [0.15, 0.2) is 5.78 Å². The van der Waals surface area contributed by atoms with Crippen LogP contribution in [0.4, 0.5) is 10.1 Å². The highest BCUT2D eigenvalue weighted by Crippen LogP contribution is 2.31. The normalized spacial score (nSPS) is 14.2. The number of nitrogens with zero attached hydrogens (tertiary/aromatic N) is 1. The Balaban J connectivity index is 1.75. The molecule has 2 aromatic carbocycles. The predicted molar refractivity (Wildman–Crippen MR) is 103 cm³/mol. The Morgan fingerprint density at radius 2 is 2.04 bits per heavy atom. The molecule has 0 aromatic heterocycles. The van der Waals surface area contributed by atoms with Gasteiger partial charge in [0, 0.05) is 17.0 Å². The Morgan fingerprint density at radius 1 is 1.27 bits per heavy atom. The van der Waals surface area contributed by atoms with E-state index in [1.54, 1.807) is 24.3 Å². The number of thioether (sulfide) groups is 1. The first kappa shape index (κ1) is 19.2. The van der Waals surface area contributed by atoms with Gasteiger partial charge in [-0.3, -0.25) is 9.10 Å². The van der Waals surface area contributed by atoms with Gasteiger partial charge in [0.25, 0.3) is 0 Å². The monoisotopic (exact) mass is 413 g/mol. The summed E-state index contributed by atoms with van der Waals surface area (Å²) in [5.41, 5.74) is 2.05. The maximum atomic E-state index is 13.2. The summed E-state index contributed by atoms with van der Waals surface area (Å²) < 4.78 is 38.4. The van der Waals surface area contributed by atoms with Gasteiger partial charge in [0.05, 0.1) is 22.7 Å². The van der Waals surface area contributed by atoms with Gasteiger partial charge in [-0.15, -0.1) is 11.8 Å². The number of sulfonamides is 1. The molecule has 0 spiro atoms. The second-order valence-electron chi connectivity index (χ2n) is 6.07. The van der Waals surface area contributed by atoms with Crippen molar-refractivity contribution in [2.75, 3.05) is 22.9 Å². The molecule has 0 amide bonds. The van der Waals surface area contributed by atoms with E-state index < -0.39 is 15.8 Å². The lowest BCUT2D eigenvalue weighted by Crippen LogP contribution is -2.34. The molecule has 26 heavy (non-hydrogen) atoms. The fourth-order valence-corrected chi connectivity index (χ4v) is 4.95. The highest BCUT2D eigenvalue weighted by molar-refractivity contribution is 8.00. The highest BCUT2D eigenvalue weighted by Gasteiger charge is 2.24. The summed E-state index contributed by atoms with van der Waals surface area (Å²) in [5, 5.41) is 0.0251. The minimum absolute atomic E-state index is 0.0251. The van der Waals surface area contributed by atoms with Crippen LogP contribution in [0, 0.1) is 5.82 Å². The number of carbonyl (C=O) groups is 1. The van der Waals surface area contributed by atoms with Crippen molar-refractivity contribution in [3.63, 3.8) is 0 Å². The molecule has 0 bridgehead atoms. The largest absolute Gasteiger partial charge is 0.293 e. The van der Waals surface area contributed by atoms with Crippen molar-refractivity contribution < 1.29 is 17.6 Å². The van der Waals surface area contributed by atoms with Crippen LogP contribution >= 0.6 is 23.4 Å². The molecule has 0 unspecified atom stereocenters. The molecule has 4 nitrogen and oxygen atoms in total. The van der Waals surface area contributed by atoms with Crippen molar-refractivity contribution in [1.82, 2.24) is 0 Å². The molecule has 8 heteroatoms. The quantitative estimate of drug-likeness (QED) is 0.545. The fraction of sp³-hybridized carbons (Fsp3) is 0.278. The molecule has 3 rings (SSSR count). The minimum Gasteiger partial charge on any atom is -0.293 e. The van der Waals surface area contributed by atoms with Gasteiger partial charge in [-0.25, -0.2) is 12.8 Å². The van der Waals surface area contributed by atoms with Crippen molar-refractivity contribution >= 4 is 44.9 Å². The number of carbonyl (C=O) groups excluding carboxylic acids is 1. The first-order valence-corrected chi connectivity index (χ1v) is 11.2. The maximum absolute atomic E-state index is 13.2. The molecule has 0 atom stereocenters. The van der Waals surface area contributed by atoms with Crippen molar-refractivity contribution in [2.45, 2.75) is 17.7 Å². The Bertz CT molecular complexity index is 963. The number of anilines is 1. The number of fused-ring (bicyclic) bond motifs is 1. The van der Waals surface area contributed by atoms with Crippen molar-refractivity contribution in [3.05, 3.63) is 58.4 Å². The van der Waals surface area contributed by atoms with E-state index in [-0.39, 0.29) is 16.6 Å². The standard InChI is InChI=1S/C18H17ClFNO3S2/c1-26(23,24)21-8-2-3-12-9-13(4-7-17(12)21)18(22)11-25-14-5-6-16(20)15(19)10-14/h4-7,9-10H,2-3,8,11H2,1H3. The van der Waals surface area contributed by atoms with Crippen molar-refractivity contribution in [2.24, 2.45) is 0 Å². The molecule has 0 fully saturated rings. The van der Waals surface area contributed by atoms with Gasteiger partial charge in [0.1, 0.15) is 5.82 Å². The Hall–Kier alpha value is -1.57. The van der Waals surface area contributed by atoms with Crippen LogP contribution in [0.3, 0.4) is 0 Å². The van der Waals surface area contributed by atoms with Gasteiger partial charge in [0.2, 0.25) is 10.0 Å². The summed E-state index contributed by atoms with van der Waals surface area (Å²) in [6.07, 6.45) is 2.65. The Morgan fingerprint density at radius 3 is 2.73 bits per heavy atom. The molecule has 1 aliphatic rings. The third-order valence-corrected chi connectivity index (χ3v) is 6.60. The summed E-state index contributed by atoms with van der Waals surface area (Å²) in [4.78, 5) is 13.2. The van der Waals surface area contributed by atoms with Crippen molar-refractivity contribution in [3.8, 4) is 0 Å². The molecule has 0 radical (unpaired) electrons. The third kappa shape index (κ3) is 4.22. The zero-order chi connectivity index (χ0) is 18.9. The summed E-state index contributed by atoms with van der Waals surface area (Å²) in [7, 11) is -3.33. The van der Waals surface area contributed by atoms with Crippen LogP contribution in [-0.2, 0) is 16.4 Å². The van der Waals surface area contributed by atoms with Crippen LogP contribution in [0.5, 0.6) is 0 Å². The number of ketones is 1. The lowest BCUT2D eigenvalue weighted by molar-refractivity contribution is 0.102. The summed E-state index contributed by atoms with van der Waals surface area (Å²) in [6.45, 7) is 0.459. The van der Waals surface area contributed by atoms with Crippen LogP contribution < -0.4 is 4.31 Å². The Labute approximate surface area is 161 Å². The van der Waals surface area contributed by atoms with Crippen molar-refractivity contribution in [1.29, 1.82) is 0 Å². The van der Waals surface area contributed by atoms with E-state index in [4.69, 9.17) is 11.6 Å². The zero-order valence-corrected chi connectivity index (χ0v) is 16.4. The third-order valence-electron chi connectivity index (χ3n) is 4.14. The maximum Gasteiger partial charge on any atom is 0.232 e. The second-order valence-corrected chi connectivity index (χ2v) is 9.43.